The van der Waals surface area contributed by atoms with Gasteiger partial charge in [0.15, 0.2) is 0 Å². The van der Waals surface area contributed by atoms with E-state index in [1.807, 2.05) is 54.6 Å². The van der Waals surface area contributed by atoms with E-state index in [2.05, 4.69) is 10.6 Å². The Bertz CT molecular complexity index is 1060. The van der Waals surface area contributed by atoms with Gasteiger partial charge in [-0.05, 0) is 47.5 Å². The van der Waals surface area contributed by atoms with Crippen LogP contribution in [0, 0.1) is 0 Å². The zero-order valence-electron chi connectivity index (χ0n) is 17.4. The van der Waals surface area contributed by atoms with Gasteiger partial charge in [0.25, 0.3) is 0 Å². The summed E-state index contributed by atoms with van der Waals surface area (Å²) in [7, 11) is 1.51. The number of ether oxygens (including phenoxy) is 2. The molecule has 0 fully saturated rings. The van der Waals surface area contributed by atoms with Gasteiger partial charge in [0.1, 0.15) is 18.1 Å². The van der Waals surface area contributed by atoms with E-state index in [9.17, 15) is 9.59 Å². The number of nitrogens with one attached hydrogen (secondary N) is 2. The SMILES string of the molecule is COc1ccc(NC(C)=O)cc1NC(=O)/C=C/c1ccc(OCc2ccccc2)cc1. The fourth-order valence-corrected chi connectivity index (χ4v) is 2.85. The van der Waals surface area contributed by atoms with Gasteiger partial charge in [0.05, 0.1) is 12.8 Å². The molecular weight excluding hydrogens is 392 g/mol. The summed E-state index contributed by atoms with van der Waals surface area (Å²) in [5, 5.41) is 5.45. The minimum atomic E-state index is -0.317. The fraction of sp³-hybridized carbons (Fsp3) is 0.120. The van der Waals surface area contributed by atoms with Crippen molar-refractivity contribution in [2.24, 2.45) is 0 Å². The molecule has 0 radical (unpaired) electrons. The first-order chi connectivity index (χ1) is 15.0. The highest BCUT2D eigenvalue weighted by Crippen LogP contribution is 2.28. The molecule has 3 rings (SSSR count). The summed E-state index contributed by atoms with van der Waals surface area (Å²) in [5.74, 6) is 0.738. The Labute approximate surface area is 181 Å². The van der Waals surface area contributed by atoms with Gasteiger partial charge in [-0.25, -0.2) is 0 Å². The first-order valence-electron chi connectivity index (χ1n) is 9.75. The lowest BCUT2D eigenvalue weighted by Gasteiger charge is -2.11. The Morgan fingerprint density at radius 3 is 2.35 bits per heavy atom. The van der Waals surface area contributed by atoms with Gasteiger partial charge in [0, 0.05) is 18.7 Å². The lowest BCUT2D eigenvalue weighted by molar-refractivity contribution is -0.114. The predicted molar refractivity (Wildman–Crippen MR) is 122 cm³/mol. The molecule has 31 heavy (non-hydrogen) atoms. The zero-order valence-corrected chi connectivity index (χ0v) is 17.4. The van der Waals surface area contributed by atoms with Crippen molar-refractivity contribution in [2.75, 3.05) is 17.7 Å². The van der Waals surface area contributed by atoms with Gasteiger partial charge in [-0.2, -0.15) is 0 Å². The van der Waals surface area contributed by atoms with Gasteiger partial charge in [-0.15, -0.1) is 0 Å². The number of methoxy groups -OCH3 is 1. The molecule has 0 bridgehead atoms. The first kappa shape index (κ1) is 21.6. The summed E-state index contributed by atoms with van der Waals surface area (Å²) >= 11 is 0. The smallest absolute Gasteiger partial charge is 0.248 e. The molecular formula is C25H24N2O4. The van der Waals surface area contributed by atoms with E-state index in [0.717, 1.165) is 16.9 Å². The maximum atomic E-state index is 12.3. The zero-order chi connectivity index (χ0) is 22.1. The number of carbonyl (C=O) groups excluding carboxylic acids is 2. The minimum Gasteiger partial charge on any atom is -0.495 e. The molecule has 0 saturated carbocycles. The van der Waals surface area contributed by atoms with Crippen LogP contribution in [-0.4, -0.2) is 18.9 Å². The second-order valence-electron chi connectivity index (χ2n) is 6.76. The molecule has 0 spiro atoms. The lowest BCUT2D eigenvalue weighted by Crippen LogP contribution is -2.10. The third-order valence-electron chi connectivity index (χ3n) is 4.33. The van der Waals surface area contributed by atoms with Crippen molar-refractivity contribution < 1.29 is 19.1 Å². The fourth-order valence-electron chi connectivity index (χ4n) is 2.85. The maximum absolute atomic E-state index is 12.3. The van der Waals surface area contributed by atoms with Crippen LogP contribution in [0.2, 0.25) is 0 Å². The third-order valence-corrected chi connectivity index (χ3v) is 4.33. The first-order valence-corrected chi connectivity index (χ1v) is 9.75. The van der Waals surface area contributed by atoms with E-state index in [1.165, 1.54) is 20.1 Å². The summed E-state index contributed by atoms with van der Waals surface area (Å²) in [6.07, 6.45) is 3.14. The van der Waals surface area contributed by atoms with Gasteiger partial charge in [-0.1, -0.05) is 42.5 Å². The Hall–Kier alpha value is -4.06. The monoisotopic (exact) mass is 416 g/mol. The summed E-state index contributed by atoms with van der Waals surface area (Å²) in [5.41, 5.74) is 2.99. The van der Waals surface area contributed by atoms with Gasteiger partial charge >= 0.3 is 0 Å². The van der Waals surface area contributed by atoms with E-state index in [-0.39, 0.29) is 11.8 Å². The molecule has 6 nitrogen and oxygen atoms in total. The average molecular weight is 416 g/mol. The number of hydrogen-bond acceptors (Lipinski definition) is 4. The number of benzene rings is 3. The quantitative estimate of drug-likeness (QED) is 0.513. The highest BCUT2D eigenvalue weighted by Gasteiger charge is 2.08. The van der Waals surface area contributed by atoms with Crippen molar-refractivity contribution in [2.45, 2.75) is 13.5 Å². The Kier molecular flexibility index (Phi) is 7.43. The van der Waals surface area contributed by atoms with Gasteiger partial charge in [-0.3, -0.25) is 9.59 Å². The summed E-state index contributed by atoms with van der Waals surface area (Å²) in [6.45, 7) is 1.92. The highest BCUT2D eigenvalue weighted by atomic mass is 16.5. The summed E-state index contributed by atoms with van der Waals surface area (Å²) in [6, 6.07) is 22.4. The van der Waals surface area contributed by atoms with Crippen molar-refractivity contribution in [3.8, 4) is 11.5 Å². The normalized spacial score (nSPS) is 10.5. The molecule has 0 aliphatic rings. The Balaban J connectivity index is 1.59. The van der Waals surface area contributed by atoms with Crippen LogP contribution in [0.15, 0.2) is 78.9 Å². The molecule has 0 aromatic heterocycles. The molecule has 0 aliphatic carbocycles. The number of rotatable bonds is 8. The van der Waals surface area contributed by atoms with Crippen LogP contribution < -0.4 is 20.1 Å². The molecule has 2 N–H and O–H groups in total. The number of hydrogen-bond donors (Lipinski definition) is 2. The molecule has 0 atom stereocenters. The van der Waals surface area contributed by atoms with Gasteiger partial charge < -0.3 is 20.1 Å². The van der Waals surface area contributed by atoms with Crippen LogP contribution in [0.1, 0.15) is 18.1 Å². The van der Waals surface area contributed by atoms with Crippen molar-refractivity contribution in [1.29, 1.82) is 0 Å². The van der Waals surface area contributed by atoms with Crippen LogP contribution in [-0.2, 0) is 16.2 Å². The molecule has 2 amide bonds. The predicted octanol–water partition coefficient (Wildman–Crippen LogP) is 4.88. The van der Waals surface area contributed by atoms with Crippen LogP contribution in [0.4, 0.5) is 11.4 Å². The second kappa shape index (κ2) is 10.6. The van der Waals surface area contributed by atoms with Crippen molar-refractivity contribution >= 4 is 29.3 Å². The molecule has 0 aliphatic heterocycles. The minimum absolute atomic E-state index is 0.196. The molecule has 158 valence electrons. The molecule has 6 heteroatoms. The van der Waals surface area contributed by atoms with Crippen LogP contribution in [0.25, 0.3) is 6.08 Å². The van der Waals surface area contributed by atoms with E-state index in [1.54, 1.807) is 24.3 Å². The Morgan fingerprint density at radius 2 is 1.68 bits per heavy atom. The maximum Gasteiger partial charge on any atom is 0.248 e. The summed E-state index contributed by atoms with van der Waals surface area (Å²) in [4.78, 5) is 23.6. The molecule has 0 heterocycles. The van der Waals surface area contributed by atoms with E-state index >= 15 is 0 Å². The van der Waals surface area contributed by atoms with Crippen molar-refractivity contribution in [1.82, 2.24) is 0 Å². The van der Waals surface area contributed by atoms with E-state index < -0.39 is 0 Å². The third kappa shape index (κ3) is 6.75. The summed E-state index contributed by atoms with van der Waals surface area (Å²) < 4.78 is 11.0. The van der Waals surface area contributed by atoms with Gasteiger partial charge in [0.2, 0.25) is 11.8 Å². The number of amides is 2. The lowest BCUT2D eigenvalue weighted by atomic mass is 10.2. The van der Waals surface area contributed by atoms with E-state index in [4.69, 9.17) is 9.47 Å². The molecule has 3 aromatic carbocycles. The van der Waals surface area contributed by atoms with Crippen molar-refractivity contribution in [3.05, 3.63) is 90.0 Å². The standard InChI is InChI=1S/C25H24N2O4/c1-18(28)26-21-11-14-24(30-2)23(16-21)27-25(29)15-10-19-8-12-22(13-9-19)31-17-20-6-4-3-5-7-20/h3-16H,17H2,1-2H3,(H,26,28)(H,27,29)/b15-10+. The number of carbonyl (C=O) groups is 2. The molecule has 3 aromatic rings. The Morgan fingerprint density at radius 1 is 0.935 bits per heavy atom. The molecule has 0 unspecified atom stereocenters. The highest BCUT2D eigenvalue weighted by molar-refractivity contribution is 6.03. The largest absolute Gasteiger partial charge is 0.495 e. The average Bonchev–Trinajstić information content (AvgIpc) is 2.77. The topological polar surface area (TPSA) is 76.7 Å². The second-order valence-corrected chi connectivity index (χ2v) is 6.76. The van der Waals surface area contributed by atoms with Crippen LogP contribution in [0.5, 0.6) is 11.5 Å². The number of anilines is 2. The van der Waals surface area contributed by atoms with E-state index in [0.29, 0.717) is 23.7 Å². The van der Waals surface area contributed by atoms with Crippen molar-refractivity contribution in [3.63, 3.8) is 0 Å². The van der Waals surface area contributed by atoms with Crippen LogP contribution >= 0.6 is 0 Å². The molecule has 0 saturated heterocycles. The van der Waals surface area contributed by atoms with Crippen LogP contribution in [0.3, 0.4) is 0 Å².